The quantitative estimate of drug-likeness (QED) is 0.357. The minimum atomic E-state index is -0.952. The van der Waals surface area contributed by atoms with Crippen molar-refractivity contribution in [2.24, 2.45) is 0 Å². The minimum absolute atomic E-state index is 0.215. The highest BCUT2D eigenvalue weighted by Gasteiger charge is 2.44. The third kappa shape index (κ3) is 4.62. The highest BCUT2D eigenvalue weighted by molar-refractivity contribution is 9.09. The van der Waals surface area contributed by atoms with Crippen LogP contribution in [0.4, 0.5) is 0 Å². The molecule has 0 aliphatic carbocycles. The Balaban J connectivity index is 1.40. The summed E-state index contributed by atoms with van der Waals surface area (Å²) < 4.78 is 18.1. The molecule has 2 atom stereocenters. The van der Waals surface area contributed by atoms with Crippen molar-refractivity contribution in [1.29, 1.82) is 0 Å². The second-order valence-corrected chi connectivity index (χ2v) is 8.17. The maximum atomic E-state index is 6.37. The number of ether oxygens (including phenoxy) is 3. The first-order valence-electron chi connectivity index (χ1n) is 9.21. The van der Waals surface area contributed by atoms with Crippen molar-refractivity contribution < 1.29 is 14.2 Å². The topological polar surface area (TPSA) is 27.7 Å². The average Bonchev–Trinajstić information content (AvgIpc) is 3.18. The van der Waals surface area contributed by atoms with Crippen LogP contribution in [0.2, 0.25) is 10.0 Å². The molecule has 0 N–H and O–H groups in total. The van der Waals surface area contributed by atoms with Gasteiger partial charge in [0.25, 0.3) is 0 Å². The summed E-state index contributed by atoms with van der Waals surface area (Å²) in [6.07, 6.45) is -0.215. The maximum Gasteiger partial charge on any atom is 0.206 e. The van der Waals surface area contributed by atoms with Crippen LogP contribution in [0.25, 0.3) is 11.1 Å². The lowest BCUT2D eigenvalue weighted by Crippen LogP contribution is -2.31. The summed E-state index contributed by atoms with van der Waals surface area (Å²) in [6.45, 7) is 0.789. The van der Waals surface area contributed by atoms with Gasteiger partial charge < -0.3 is 14.2 Å². The van der Waals surface area contributed by atoms with Gasteiger partial charge in [-0.15, -0.1) is 0 Å². The fourth-order valence-corrected chi connectivity index (χ4v) is 4.44. The molecule has 0 spiro atoms. The SMILES string of the molecule is Clc1ccc([C@]2(CBr)OC[C@H](COc3ccc(-c4ccccc4)cc3)O2)c(Cl)c1. The molecule has 0 saturated carbocycles. The molecule has 3 aromatic carbocycles. The fourth-order valence-electron chi connectivity index (χ4n) is 3.29. The summed E-state index contributed by atoms with van der Waals surface area (Å²) in [5.41, 5.74) is 3.07. The monoisotopic (exact) mass is 492 g/mol. The summed E-state index contributed by atoms with van der Waals surface area (Å²) in [6, 6.07) is 23.6. The minimum Gasteiger partial charge on any atom is -0.491 e. The molecular formula is C23H19BrCl2O3. The lowest BCUT2D eigenvalue weighted by molar-refractivity contribution is -0.159. The molecule has 1 aliphatic heterocycles. The van der Waals surface area contributed by atoms with Gasteiger partial charge in [-0.25, -0.2) is 0 Å². The Labute approximate surface area is 188 Å². The van der Waals surface area contributed by atoms with E-state index >= 15 is 0 Å². The number of benzene rings is 3. The van der Waals surface area contributed by atoms with E-state index in [9.17, 15) is 0 Å². The molecule has 3 nitrogen and oxygen atoms in total. The van der Waals surface area contributed by atoms with Gasteiger partial charge in [-0.05, 0) is 35.4 Å². The van der Waals surface area contributed by atoms with Gasteiger partial charge in [0.15, 0.2) is 0 Å². The predicted molar refractivity (Wildman–Crippen MR) is 120 cm³/mol. The molecule has 3 aromatic rings. The second-order valence-electron chi connectivity index (χ2n) is 6.76. The predicted octanol–water partition coefficient (Wildman–Crippen LogP) is 6.70. The molecule has 1 saturated heterocycles. The Hall–Kier alpha value is -1.56. The lowest BCUT2D eigenvalue weighted by Gasteiger charge is -2.27. The first-order valence-corrected chi connectivity index (χ1v) is 11.1. The first-order chi connectivity index (χ1) is 14.1. The highest BCUT2D eigenvalue weighted by Crippen LogP contribution is 2.40. The van der Waals surface area contributed by atoms with Crippen molar-refractivity contribution in [2.75, 3.05) is 18.5 Å². The van der Waals surface area contributed by atoms with E-state index in [1.165, 1.54) is 5.56 Å². The summed E-state index contributed by atoms with van der Waals surface area (Å²) in [5.74, 6) is -0.165. The Kier molecular flexibility index (Phi) is 6.47. The number of hydrogen-bond acceptors (Lipinski definition) is 3. The van der Waals surface area contributed by atoms with E-state index in [0.717, 1.165) is 16.9 Å². The van der Waals surface area contributed by atoms with Gasteiger partial charge >= 0.3 is 0 Å². The van der Waals surface area contributed by atoms with Crippen molar-refractivity contribution in [3.8, 4) is 16.9 Å². The zero-order valence-electron chi connectivity index (χ0n) is 15.5. The molecule has 0 bridgehead atoms. The van der Waals surface area contributed by atoms with Crippen molar-refractivity contribution in [3.05, 3.63) is 88.4 Å². The molecule has 0 unspecified atom stereocenters. The second kappa shape index (κ2) is 9.07. The van der Waals surface area contributed by atoms with Gasteiger partial charge in [-0.3, -0.25) is 0 Å². The molecule has 150 valence electrons. The lowest BCUT2D eigenvalue weighted by atomic mass is 10.1. The van der Waals surface area contributed by atoms with Crippen LogP contribution in [0.3, 0.4) is 0 Å². The van der Waals surface area contributed by atoms with E-state index < -0.39 is 5.79 Å². The number of alkyl halides is 1. The molecule has 1 heterocycles. The van der Waals surface area contributed by atoms with E-state index in [2.05, 4.69) is 28.1 Å². The van der Waals surface area contributed by atoms with Crippen LogP contribution >= 0.6 is 39.1 Å². The molecule has 1 aliphatic rings. The molecule has 6 heteroatoms. The fraction of sp³-hybridized carbons (Fsp3) is 0.217. The molecule has 1 fully saturated rings. The zero-order chi connectivity index (χ0) is 20.3. The number of halogens is 3. The average molecular weight is 494 g/mol. The van der Waals surface area contributed by atoms with Crippen molar-refractivity contribution in [2.45, 2.75) is 11.9 Å². The van der Waals surface area contributed by atoms with Crippen LogP contribution in [0.1, 0.15) is 5.56 Å². The zero-order valence-corrected chi connectivity index (χ0v) is 18.6. The van der Waals surface area contributed by atoms with Crippen LogP contribution in [-0.2, 0) is 15.3 Å². The first kappa shape index (κ1) is 20.7. The molecule has 0 amide bonds. The third-order valence-corrected chi connectivity index (χ3v) is 6.06. The van der Waals surface area contributed by atoms with Crippen LogP contribution in [-0.4, -0.2) is 24.6 Å². The van der Waals surface area contributed by atoms with Crippen molar-refractivity contribution in [3.63, 3.8) is 0 Å². The maximum absolute atomic E-state index is 6.37. The molecule has 0 aromatic heterocycles. The van der Waals surface area contributed by atoms with Crippen molar-refractivity contribution in [1.82, 2.24) is 0 Å². The molecular weight excluding hydrogens is 475 g/mol. The van der Waals surface area contributed by atoms with Gasteiger partial charge in [0.05, 0.1) is 17.0 Å². The molecule has 29 heavy (non-hydrogen) atoms. The Morgan fingerprint density at radius 3 is 2.38 bits per heavy atom. The van der Waals surface area contributed by atoms with E-state index in [0.29, 0.717) is 28.6 Å². The summed E-state index contributed by atoms with van der Waals surface area (Å²) in [4.78, 5) is 0. The summed E-state index contributed by atoms with van der Waals surface area (Å²) in [7, 11) is 0. The van der Waals surface area contributed by atoms with Gasteiger partial charge in [-0.1, -0.05) is 87.7 Å². The smallest absolute Gasteiger partial charge is 0.206 e. The number of hydrogen-bond donors (Lipinski definition) is 0. The van der Waals surface area contributed by atoms with E-state index in [4.69, 9.17) is 37.4 Å². The third-order valence-electron chi connectivity index (χ3n) is 4.77. The number of rotatable bonds is 6. The van der Waals surface area contributed by atoms with Crippen molar-refractivity contribution >= 4 is 39.1 Å². The van der Waals surface area contributed by atoms with Gasteiger partial charge in [0.2, 0.25) is 5.79 Å². The Morgan fingerprint density at radius 2 is 1.69 bits per heavy atom. The molecule has 4 rings (SSSR count). The largest absolute Gasteiger partial charge is 0.491 e. The Bertz CT molecular complexity index is 966. The Morgan fingerprint density at radius 1 is 0.966 bits per heavy atom. The van der Waals surface area contributed by atoms with Gasteiger partial charge in [0, 0.05) is 10.6 Å². The highest BCUT2D eigenvalue weighted by atomic mass is 79.9. The van der Waals surface area contributed by atoms with Crippen LogP contribution in [0.5, 0.6) is 5.75 Å². The normalized spacial score (nSPS) is 21.3. The summed E-state index contributed by atoms with van der Waals surface area (Å²) in [5, 5.41) is 1.53. The standard InChI is InChI=1S/C23H19BrCl2O3/c24-15-23(21-11-8-18(25)12-22(21)26)28-14-20(29-23)13-27-19-9-6-17(7-10-19)16-4-2-1-3-5-16/h1-12,20H,13-15H2/t20-,23+/m0/s1. The molecule has 0 radical (unpaired) electrons. The summed E-state index contributed by atoms with van der Waals surface area (Å²) >= 11 is 15.9. The van der Waals surface area contributed by atoms with Crippen LogP contribution in [0.15, 0.2) is 72.8 Å². The van der Waals surface area contributed by atoms with Gasteiger partial charge in [-0.2, -0.15) is 0 Å². The van der Waals surface area contributed by atoms with E-state index in [-0.39, 0.29) is 6.10 Å². The van der Waals surface area contributed by atoms with Gasteiger partial charge in [0.1, 0.15) is 18.5 Å². The van der Waals surface area contributed by atoms with E-state index in [1.807, 2.05) is 48.5 Å². The van der Waals surface area contributed by atoms with Crippen LogP contribution < -0.4 is 4.74 Å². The van der Waals surface area contributed by atoms with E-state index in [1.54, 1.807) is 12.1 Å². The van der Waals surface area contributed by atoms with Crippen LogP contribution in [0, 0.1) is 0 Å².